The zero-order chi connectivity index (χ0) is 17.3. The first kappa shape index (κ1) is 16.7. The molecule has 0 aliphatic carbocycles. The van der Waals surface area contributed by atoms with Crippen molar-refractivity contribution in [3.05, 3.63) is 59.1 Å². The van der Waals surface area contributed by atoms with Crippen LogP contribution in [0.4, 0.5) is 0 Å². The Morgan fingerprint density at radius 2 is 1.72 bits per heavy atom. The smallest absolute Gasteiger partial charge is 0.161 e. The summed E-state index contributed by atoms with van der Waals surface area (Å²) in [6.45, 7) is 3.04. The zero-order valence-electron chi connectivity index (χ0n) is 14.0. The molecule has 1 atom stereocenters. The number of halogens is 1. The highest BCUT2D eigenvalue weighted by Crippen LogP contribution is 2.34. The first-order valence-electron chi connectivity index (χ1n) is 8.72. The Bertz CT molecular complexity index is 726. The van der Waals surface area contributed by atoms with E-state index in [0.29, 0.717) is 24.5 Å². The average molecular weight is 360 g/mol. The van der Waals surface area contributed by atoms with Crippen LogP contribution >= 0.6 is 11.6 Å². The number of likely N-dealkylation sites (tertiary alicyclic amines) is 1. The molecule has 1 saturated heterocycles. The molecular formula is C20H22ClNO3. The van der Waals surface area contributed by atoms with Gasteiger partial charge in [-0.15, -0.1) is 0 Å². The van der Waals surface area contributed by atoms with Gasteiger partial charge in [0.05, 0.1) is 5.60 Å². The van der Waals surface area contributed by atoms with Crippen molar-refractivity contribution in [1.29, 1.82) is 0 Å². The van der Waals surface area contributed by atoms with E-state index in [-0.39, 0.29) is 6.10 Å². The van der Waals surface area contributed by atoms with E-state index in [1.165, 1.54) is 0 Å². The van der Waals surface area contributed by atoms with Crippen molar-refractivity contribution in [3.8, 4) is 11.5 Å². The number of piperidine rings is 1. The molecule has 0 unspecified atom stereocenters. The van der Waals surface area contributed by atoms with Gasteiger partial charge in [0.15, 0.2) is 11.5 Å². The summed E-state index contributed by atoms with van der Waals surface area (Å²) in [5, 5.41) is 11.7. The van der Waals surface area contributed by atoms with Gasteiger partial charge >= 0.3 is 0 Å². The van der Waals surface area contributed by atoms with Crippen molar-refractivity contribution in [2.45, 2.75) is 24.5 Å². The van der Waals surface area contributed by atoms with Crippen molar-refractivity contribution in [2.24, 2.45) is 0 Å². The standard InChI is InChI=1S/C20H22ClNO3/c21-16-7-5-15(6-8-16)20(23)9-11-22(12-10-20)13-17-14-24-18-3-1-2-4-19(18)25-17/h1-8,17,23H,9-14H2/t17-/m1/s1. The van der Waals surface area contributed by atoms with Crippen LogP contribution in [0.3, 0.4) is 0 Å². The molecular weight excluding hydrogens is 338 g/mol. The van der Waals surface area contributed by atoms with Crippen molar-refractivity contribution in [3.63, 3.8) is 0 Å². The van der Waals surface area contributed by atoms with Crippen LogP contribution in [0.5, 0.6) is 11.5 Å². The molecule has 0 bridgehead atoms. The fourth-order valence-electron chi connectivity index (χ4n) is 3.60. The maximum absolute atomic E-state index is 11.0. The van der Waals surface area contributed by atoms with Gasteiger partial charge in [0.1, 0.15) is 12.7 Å². The predicted molar refractivity (Wildman–Crippen MR) is 97.4 cm³/mol. The summed E-state index contributed by atoms with van der Waals surface area (Å²) in [6, 6.07) is 15.3. The Morgan fingerprint density at radius 3 is 2.44 bits per heavy atom. The van der Waals surface area contributed by atoms with Crippen molar-refractivity contribution < 1.29 is 14.6 Å². The van der Waals surface area contributed by atoms with Crippen LogP contribution in [-0.2, 0) is 5.60 Å². The van der Waals surface area contributed by atoms with Gasteiger partial charge in [0.25, 0.3) is 0 Å². The summed E-state index contributed by atoms with van der Waals surface area (Å²) in [4.78, 5) is 2.34. The molecule has 4 rings (SSSR count). The van der Waals surface area contributed by atoms with E-state index < -0.39 is 5.60 Å². The Morgan fingerprint density at radius 1 is 1.04 bits per heavy atom. The molecule has 1 N–H and O–H groups in total. The quantitative estimate of drug-likeness (QED) is 0.911. The van der Waals surface area contributed by atoms with Crippen LogP contribution in [-0.4, -0.2) is 42.4 Å². The molecule has 0 aromatic heterocycles. The Balaban J connectivity index is 1.34. The second-order valence-corrected chi connectivity index (χ2v) is 7.27. The number of hydrogen-bond donors (Lipinski definition) is 1. The third kappa shape index (κ3) is 3.61. The summed E-state index contributed by atoms with van der Waals surface area (Å²) < 4.78 is 11.8. The highest BCUT2D eigenvalue weighted by Gasteiger charge is 2.35. The van der Waals surface area contributed by atoms with Gasteiger partial charge in [-0.05, 0) is 42.7 Å². The van der Waals surface area contributed by atoms with Crippen LogP contribution in [0, 0.1) is 0 Å². The van der Waals surface area contributed by atoms with E-state index >= 15 is 0 Å². The second-order valence-electron chi connectivity index (χ2n) is 6.84. The van der Waals surface area contributed by atoms with Crippen LogP contribution in [0.1, 0.15) is 18.4 Å². The highest BCUT2D eigenvalue weighted by atomic mass is 35.5. The minimum atomic E-state index is -0.766. The lowest BCUT2D eigenvalue weighted by molar-refractivity contribution is -0.0373. The van der Waals surface area contributed by atoms with Crippen LogP contribution in [0.15, 0.2) is 48.5 Å². The molecule has 0 spiro atoms. The average Bonchev–Trinajstić information content (AvgIpc) is 2.64. The van der Waals surface area contributed by atoms with Gasteiger partial charge in [0, 0.05) is 24.7 Å². The molecule has 2 aromatic carbocycles. The van der Waals surface area contributed by atoms with Gasteiger partial charge in [-0.3, -0.25) is 4.90 Å². The maximum Gasteiger partial charge on any atom is 0.161 e. The Hall–Kier alpha value is -1.75. The van der Waals surface area contributed by atoms with Crippen LogP contribution in [0.25, 0.3) is 0 Å². The Labute approximate surface area is 152 Å². The van der Waals surface area contributed by atoms with Crippen molar-refractivity contribution in [2.75, 3.05) is 26.2 Å². The van der Waals surface area contributed by atoms with Gasteiger partial charge in [0.2, 0.25) is 0 Å². The first-order valence-corrected chi connectivity index (χ1v) is 9.09. The van der Waals surface area contributed by atoms with Crippen molar-refractivity contribution >= 4 is 11.6 Å². The lowest BCUT2D eigenvalue weighted by Crippen LogP contribution is -2.47. The molecule has 132 valence electrons. The normalized spacial score (nSPS) is 22.6. The molecule has 5 heteroatoms. The molecule has 25 heavy (non-hydrogen) atoms. The summed E-state index contributed by atoms with van der Waals surface area (Å²) in [5.74, 6) is 1.63. The third-order valence-corrected chi connectivity index (χ3v) is 5.35. The number of hydrogen-bond acceptors (Lipinski definition) is 4. The summed E-state index contributed by atoms with van der Waals surface area (Å²) >= 11 is 5.95. The second kappa shape index (κ2) is 6.87. The van der Waals surface area contributed by atoms with Gasteiger partial charge in [-0.2, -0.15) is 0 Å². The minimum absolute atomic E-state index is 0.0247. The maximum atomic E-state index is 11.0. The van der Waals surface area contributed by atoms with E-state index in [1.807, 2.05) is 48.5 Å². The third-order valence-electron chi connectivity index (χ3n) is 5.09. The molecule has 2 aromatic rings. The molecule has 0 saturated carbocycles. The molecule has 2 aliphatic heterocycles. The summed E-state index contributed by atoms with van der Waals surface area (Å²) in [7, 11) is 0. The largest absolute Gasteiger partial charge is 0.486 e. The fourth-order valence-corrected chi connectivity index (χ4v) is 3.72. The molecule has 4 nitrogen and oxygen atoms in total. The Kier molecular flexibility index (Phi) is 4.59. The molecule has 0 amide bonds. The van der Waals surface area contributed by atoms with E-state index in [2.05, 4.69) is 4.90 Å². The van der Waals surface area contributed by atoms with Gasteiger partial charge in [-0.25, -0.2) is 0 Å². The van der Waals surface area contributed by atoms with E-state index in [4.69, 9.17) is 21.1 Å². The minimum Gasteiger partial charge on any atom is -0.486 e. The zero-order valence-corrected chi connectivity index (χ0v) is 14.8. The number of fused-ring (bicyclic) bond motifs is 1. The van der Waals surface area contributed by atoms with Gasteiger partial charge in [-0.1, -0.05) is 35.9 Å². The topological polar surface area (TPSA) is 41.9 Å². The number of para-hydroxylation sites is 2. The summed E-state index contributed by atoms with van der Waals surface area (Å²) in [5.41, 5.74) is 0.181. The van der Waals surface area contributed by atoms with E-state index in [0.717, 1.165) is 36.7 Å². The van der Waals surface area contributed by atoms with Gasteiger partial charge < -0.3 is 14.6 Å². The number of nitrogens with zero attached hydrogens (tertiary/aromatic N) is 1. The first-order chi connectivity index (χ1) is 12.1. The number of aliphatic hydroxyl groups is 1. The lowest BCUT2D eigenvalue weighted by Gasteiger charge is -2.40. The number of rotatable bonds is 3. The molecule has 2 heterocycles. The molecule has 1 fully saturated rings. The lowest BCUT2D eigenvalue weighted by atomic mass is 9.84. The SMILES string of the molecule is OC1(c2ccc(Cl)cc2)CCN(C[C@@H]2COc3ccccc3O2)CC1. The van der Waals surface area contributed by atoms with Crippen LogP contribution in [0.2, 0.25) is 5.02 Å². The number of benzene rings is 2. The monoisotopic (exact) mass is 359 g/mol. The summed E-state index contributed by atoms with van der Waals surface area (Å²) in [6.07, 6.45) is 1.44. The van der Waals surface area contributed by atoms with E-state index in [9.17, 15) is 5.11 Å². The molecule has 2 aliphatic rings. The molecule has 0 radical (unpaired) electrons. The fraction of sp³-hybridized carbons (Fsp3) is 0.400. The predicted octanol–water partition coefficient (Wildman–Crippen LogP) is 3.46. The van der Waals surface area contributed by atoms with Crippen LogP contribution < -0.4 is 9.47 Å². The van der Waals surface area contributed by atoms with Crippen molar-refractivity contribution in [1.82, 2.24) is 4.90 Å². The van der Waals surface area contributed by atoms with E-state index in [1.54, 1.807) is 0 Å². The number of ether oxygens (including phenoxy) is 2. The highest BCUT2D eigenvalue weighted by molar-refractivity contribution is 6.30.